The standard InChI is InChI=1S/C16H23N3OS/c1-12(2)11-20-16-14(17)6-7-15(18-16)19(3)9-8-13-5-4-10-21-13/h4-7,10,12H,8-9,11,17H2,1-3H3. The van der Waals surface area contributed by atoms with E-state index in [2.05, 4.69) is 41.2 Å². The molecule has 2 N–H and O–H groups in total. The highest BCUT2D eigenvalue weighted by molar-refractivity contribution is 7.09. The van der Waals surface area contributed by atoms with E-state index in [9.17, 15) is 0 Å². The zero-order chi connectivity index (χ0) is 15.2. The first kappa shape index (κ1) is 15.6. The molecule has 2 rings (SSSR count). The third-order valence-electron chi connectivity index (χ3n) is 3.09. The molecule has 2 aromatic rings. The third-order valence-corrected chi connectivity index (χ3v) is 4.03. The lowest BCUT2D eigenvalue weighted by molar-refractivity contribution is 0.263. The molecule has 0 amide bonds. The smallest absolute Gasteiger partial charge is 0.239 e. The largest absolute Gasteiger partial charge is 0.476 e. The monoisotopic (exact) mass is 305 g/mol. The van der Waals surface area contributed by atoms with Crippen LogP contribution in [0.4, 0.5) is 11.5 Å². The summed E-state index contributed by atoms with van der Waals surface area (Å²) in [4.78, 5) is 8.04. The van der Waals surface area contributed by atoms with E-state index < -0.39 is 0 Å². The van der Waals surface area contributed by atoms with Crippen molar-refractivity contribution in [3.8, 4) is 5.88 Å². The highest BCUT2D eigenvalue weighted by Crippen LogP contribution is 2.23. The molecule has 0 fully saturated rings. The molecule has 114 valence electrons. The molecule has 0 saturated carbocycles. The van der Waals surface area contributed by atoms with Gasteiger partial charge in [0.05, 0.1) is 12.3 Å². The van der Waals surface area contributed by atoms with Gasteiger partial charge in [-0.25, -0.2) is 0 Å². The van der Waals surface area contributed by atoms with Crippen LogP contribution < -0.4 is 15.4 Å². The van der Waals surface area contributed by atoms with Crippen molar-refractivity contribution in [3.05, 3.63) is 34.5 Å². The number of nitrogen functional groups attached to an aromatic ring is 1. The molecule has 0 spiro atoms. The summed E-state index contributed by atoms with van der Waals surface area (Å²) in [7, 11) is 2.04. The fourth-order valence-corrected chi connectivity index (χ4v) is 2.56. The molecule has 4 nitrogen and oxygen atoms in total. The summed E-state index contributed by atoms with van der Waals surface area (Å²) >= 11 is 1.79. The van der Waals surface area contributed by atoms with Crippen molar-refractivity contribution in [3.63, 3.8) is 0 Å². The fraction of sp³-hybridized carbons (Fsp3) is 0.438. The van der Waals surface area contributed by atoms with E-state index in [1.54, 1.807) is 11.3 Å². The molecule has 0 aliphatic heterocycles. The van der Waals surface area contributed by atoms with Gasteiger partial charge in [-0.15, -0.1) is 11.3 Å². The summed E-state index contributed by atoms with van der Waals surface area (Å²) < 4.78 is 5.68. The van der Waals surface area contributed by atoms with E-state index in [1.807, 2.05) is 19.2 Å². The van der Waals surface area contributed by atoms with Crippen LogP contribution in [0.1, 0.15) is 18.7 Å². The molecule has 0 unspecified atom stereocenters. The first-order valence-corrected chi connectivity index (χ1v) is 8.07. The molecule has 2 heterocycles. The minimum absolute atomic E-state index is 0.450. The maximum Gasteiger partial charge on any atom is 0.239 e. The Kier molecular flexibility index (Phi) is 5.44. The number of hydrogen-bond acceptors (Lipinski definition) is 5. The average Bonchev–Trinajstić information content (AvgIpc) is 2.97. The van der Waals surface area contributed by atoms with Crippen LogP contribution >= 0.6 is 11.3 Å². The number of thiophene rings is 1. The minimum atomic E-state index is 0.450. The molecule has 0 aliphatic carbocycles. The Balaban J connectivity index is 1.99. The van der Waals surface area contributed by atoms with Crippen molar-refractivity contribution in [1.29, 1.82) is 0 Å². The lowest BCUT2D eigenvalue weighted by atomic mass is 10.2. The SMILES string of the molecule is CC(C)COc1nc(N(C)CCc2cccs2)ccc1N. The predicted octanol–water partition coefficient (Wildman–Crippen LogP) is 3.44. The number of rotatable bonds is 7. The van der Waals surface area contributed by atoms with Crippen molar-refractivity contribution >= 4 is 22.8 Å². The summed E-state index contributed by atoms with van der Waals surface area (Å²) in [6.07, 6.45) is 1.02. The first-order valence-electron chi connectivity index (χ1n) is 7.19. The van der Waals surface area contributed by atoms with Gasteiger partial charge in [-0.2, -0.15) is 4.98 Å². The van der Waals surface area contributed by atoms with Gasteiger partial charge in [0.15, 0.2) is 0 Å². The molecule has 5 heteroatoms. The third kappa shape index (κ3) is 4.63. The van der Waals surface area contributed by atoms with Crippen molar-refractivity contribution < 1.29 is 4.74 Å². The first-order chi connectivity index (χ1) is 10.1. The summed E-state index contributed by atoms with van der Waals surface area (Å²) in [5, 5.41) is 2.11. The highest BCUT2D eigenvalue weighted by Gasteiger charge is 2.09. The molecule has 2 aromatic heterocycles. The van der Waals surface area contributed by atoms with Crippen molar-refractivity contribution in [1.82, 2.24) is 4.98 Å². The Bertz CT molecular complexity index is 555. The number of nitrogens with two attached hydrogens (primary N) is 1. The van der Waals surface area contributed by atoms with Crippen LogP contribution in [0.2, 0.25) is 0 Å². The zero-order valence-electron chi connectivity index (χ0n) is 12.9. The minimum Gasteiger partial charge on any atom is -0.476 e. The van der Waals surface area contributed by atoms with Gasteiger partial charge in [-0.05, 0) is 35.9 Å². The van der Waals surface area contributed by atoms with Crippen LogP contribution in [-0.4, -0.2) is 25.2 Å². The topological polar surface area (TPSA) is 51.4 Å². The quantitative estimate of drug-likeness (QED) is 0.851. The molecule has 0 saturated heterocycles. The Labute approximate surface area is 130 Å². The van der Waals surface area contributed by atoms with Gasteiger partial charge >= 0.3 is 0 Å². The maximum absolute atomic E-state index is 5.92. The Morgan fingerprint density at radius 2 is 2.14 bits per heavy atom. The second-order valence-corrected chi connectivity index (χ2v) is 6.55. The lowest BCUT2D eigenvalue weighted by Gasteiger charge is -2.19. The van der Waals surface area contributed by atoms with Crippen LogP contribution in [-0.2, 0) is 6.42 Å². The number of hydrogen-bond donors (Lipinski definition) is 1. The van der Waals surface area contributed by atoms with E-state index in [4.69, 9.17) is 10.5 Å². The summed E-state index contributed by atoms with van der Waals surface area (Å²) in [5.74, 6) is 1.87. The van der Waals surface area contributed by atoms with Crippen LogP contribution in [0.3, 0.4) is 0 Å². The molecular formula is C16H23N3OS. The van der Waals surface area contributed by atoms with Crippen LogP contribution in [0.5, 0.6) is 5.88 Å². The molecule has 21 heavy (non-hydrogen) atoms. The number of ether oxygens (including phenoxy) is 1. The van der Waals surface area contributed by atoms with Gasteiger partial charge < -0.3 is 15.4 Å². The van der Waals surface area contributed by atoms with E-state index in [0.29, 0.717) is 24.1 Å². The van der Waals surface area contributed by atoms with Crippen molar-refractivity contribution in [2.24, 2.45) is 5.92 Å². The van der Waals surface area contributed by atoms with E-state index in [-0.39, 0.29) is 0 Å². The molecule has 0 bridgehead atoms. The molecule has 0 aromatic carbocycles. The summed E-state index contributed by atoms with van der Waals surface area (Å²) in [5.41, 5.74) is 6.51. The van der Waals surface area contributed by atoms with Gasteiger partial charge in [-0.1, -0.05) is 19.9 Å². The van der Waals surface area contributed by atoms with Gasteiger partial charge in [0, 0.05) is 18.5 Å². The predicted molar refractivity (Wildman–Crippen MR) is 90.3 cm³/mol. The highest BCUT2D eigenvalue weighted by atomic mass is 32.1. The van der Waals surface area contributed by atoms with Gasteiger partial charge in [-0.3, -0.25) is 0 Å². The van der Waals surface area contributed by atoms with Gasteiger partial charge in [0.2, 0.25) is 5.88 Å². The summed E-state index contributed by atoms with van der Waals surface area (Å²) in [6, 6.07) is 8.04. The molecule has 0 atom stereocenters. The number of aromatic nitrogens is 1. The van der Waals surface area contributed by atoms with Crippen LogP contribution in [0.25, 0.3) is 0 Å². The number of anilines is 2. The molecule has 0 aliphatic rings. The average molecular weight is 305 g/mol. The van der Waals surface area contributed by atoms with Crippen molar-refractivity contribution in [2.45, 2.75) is 20.3 Å². The Morgan fingerprint density at radius 3 is 2.81 bits per heavy atom. The van der Waals surface area contributed by atoms with Crippen LogP contribution in [0, 0.1) is 5.92 Å². The maximum atomic E-state index is 5.92. The van der Waals surface area contributed by atoms with E-state index in [1.165, 1.54) is 4.88 Å². The van der Waals surface area contributed by atoms with E-state index >= 15 is 0 Å². The van der Waals surface area contributed by atoms with E-state index in [0.717, 1.165) is 18.8 Å². The second kappa shape index (κ2) is 7.31. The number of likely N-dealkylation sites (N-methyl/N-ethyl adjacent to an activating group) is 1. The fourth-order valence-electron chi connectivity index (χ4n) is 1.86. The lowest BCUT2D eigenvalue weighted by Crippen LogP contribution is -2.21. The Morgan fingerprint density at radius 1 is 1.33 bits per heavy atom. The van der Waals surface area contributed by atoms with Crippen LogP contribution in [0.15, 0.2) is 29.6 Å². The van der Waals surface area contributed by atoms with Crippen molar-refractivity contribution in [2.75, 3.05) is 30.8 Å². The number of pyridine rings is 1. The Hall–Kier alpha value is -1.75. The zero-order valence-corrected chi connectivity index (χ0v) is 13.7. The number of nitrogens with zero attached hydrogens (tertiary/aromatic N) is 2. The molecular weight excluding hydrogens is 282 g/mol. The van der Waals surface area contributed by atoms with Gasteiger partial charge in [0.25, 0.3) is 0 Å². The normalized spacial score (nSPS) is 10.9. The van der Waals surface area contributed by atoms with Gasteiger partial charge in [0.1, 0.15) is 5.82 Å². The second-order valence-electron chi connectivity index (χ2n) is 5.52. The summed E-state index contributed by atoms with van der Waals surface area (Å²) in [6.45, 7) is 5.75. The molecule has 0 radical (unpaired) electrons.